The van der Waals surface area contributed by atoms with Gasteiger partial charge < -0.3 is 15.4 Å². The Balaban J connectivity index is 2.10. The Morgan fingerprint density at radius 2 is 1.79 bits per heavy atom. The molecule has 1 aliphatic rings. The highest BCUT2D eigenvalue weighted by Crippen LogP contribution is 2.31. The Kier molecular flexibility index (Phi) is 6.04. The van der Waals surface area contributed by atoms with Gasteiger partial charge in [-0.15, -0.1) is 13.2 Å². The van der Waals surface area contributed by atoms with Crippen molar-refractivity contribution in [1.82, 2.24) is 20.9 Å². The molecule has 158 valence electrons. The molecule has 1 aliphatic heterocycles. The van der Waals surface area contributed by atoms with Crippen LogP contribution in [-0.2, 0) is 15.1 Å². The summed E-state index contributed by atoms with van der Waals surface area (Å²) in [6.07, 6.45) is -4.87. The maximum absolute atomic E-state index is 12.7. The van der Waals surface area contributed by atoms with Crippen LogP contribution in [0.4, 0.5) is 22.8 Å². The Morgan fingerprint density at radius 3 is 2.31 bits per heavy atom. The first kappa shape index (κ1) is 22.0. The minimum Gasteiger partial charge on any atom is -0.406 e. The highest BCUT2D eigenvalue weighted by atomic mass is 19.4. The third-order valence-electron chi connectivity index (χ3n) is 3.91. The predicted molar refractivity (Wildman–Crippen MR) is 92.5 cm³/mol. The van der Waals surface area contributed by atoms with E-state index in [1.54, 1.807) is 13.8 Å². The van der Waals surface area contributed by atoms with E-state index in [1.165, 1.54) is 19.1 Å². The number of carbonyl (C=O) groups is 4. The van der Waals surface area contributed by atoms with Crippen LogP contribution in [0.3, 0.4) is 0 Å². The number of amides is 6. The van der Waals surface area contributed by atoms with Crippen molar-refractivity contribution in [2.75, 3.05) is 6.54 Å². The summed E-state index contributed by atoms with van der Waals surface area (Å²) in [6.45, 7) is 3.99. The molecule has 6 amide bonds. The first-order valence-corrected chi connectivity index (χ1v) is 8.42. The van der Waals surface area contributed by atoms with Crippen LogP contribution < -0.4 is 20.7 Å². The summed E-state index contributed by atoms with van der Waals surface area (Å²) >= 11 is 0. The number of hydrogen-bond donors (Lipinski definition) is 3. The van der Waals surface area contributed by atoms with Crippen LogP contribution >= 0.6 is 0 Å². The quantitative estimate of drug-likeness (QED) is 0.631. The maximum Gasteiger partial charge on any atom is 0.573 e. The topological polar surface area (TPSA) is 117 Å². The van der Waals surface area contributed by atoms with Gasteiger partial charge in [-0.05, 0) is 38.5 Å². The van der Waals surface area contributed by atoms with Gasteiger partial charge in [-0.25, -0.2) is 9.59 Å². The van der Waals surface area contributed by atoms with E-state index in [0.717, 1.165) is 12.1 Å². The second-order valence-electron chi connectivity index (χ2n) is 6.69. The summed E-state index contributed by atoms with van der Waals surface area (Å²) in [5.74, 6) is -2.18. The summed E-state index contributed by atoms with van der Waals surface area (Å²) in [6, 6.07) is 2.50. The molecule has 2 rings (SSSR count). The van der Waals surface area contributed by atoms with Gasteiger partial charge >= 0.3 is 18.4 Å². The predicted octanol–water partition coefficient (Wildman–Crippen LogP) is 1.59. The molecule has 1 aromatic rings. The van der Waals surface area contributed by atoms with E-state index >= 15 is 0 Å². The number of imide groups is 2. The molecular formula is C17H19F3N4O5. The van der Waals surface area contributed by atoms with Crippen LogP contribution in [-0.4, -0.2) is 47.7 Å². The fraction of sp³-hybridized carbons (Fsp3) is 0.412. The van der Waals surface area contributed by atoms with E-state index in [2.05, 4.69) is 15.4 Å². The van der Waals surface area contributed by atoms with Gasteiger partial charge in [0, 0.05) is 6.04 Å². The SMILES string of the molecule is CC(C)NC(=O)NC(=O)CN1C(=O)NC(C)(c2ccc(OC(F)(F)F)cc2)C1=O. The van der Waals surface area contributed by atoms with Gasteiger partial charge in [0.1, 0.15) is 17.8 Å². The van der Waals surface area contributed by atoms with Gasteiger partial charge in [0.25, 0.3) is 5.91 Å². The molecule has 29 heavy (non-hydrogen) atoms. The summed E-state index contributed by atoms with van der Waals surface area (Å²) in [5.41, 5.74) is -1.42. The second-order valence-corrected chi connectivity index (χ2v) is 6.69. The number of urea groups is 2. The number of rotatable bonds is 5. The summed E-state index contributed by atoms with van der Waals surface area (Å²) in [7, 11) is 0. The Hall–Kier alpha value is -3.31. The zero-order valence-electron chi connectivity index (χ0n) is 15.7. The van der Waals surface area contributed by atoms with E-state index in [9.17, 15) is 32.3 Å². The molecule has 1 heterocycles. The van der Waals surface area contributed by atoms with Crippen molar-refractivity contribution in [3.05, 3.63) is 29.8 Å². The minimum absolute atomic E-state index is 0.186. The number of halogens is 3. The fourth-order valence-corrected chi connectivity index (χ4v) is 2.63. The number of carbonyl (C=O) groups excluding carboxylic acids is 4. The number of nitrogens with zero attached hydrogens (tertiary/aromatic N) is 1. The molecule has 0 spiro atoms. The van der Waals surface area contributed by atoms with Crippen molar-refractivity contribution < 1.29 is 37.1 Å². The van der Waals surface area contributed by atoms with Crippen molar-refractivity contribution >= 4 is 23.9 Å². The number of benzene rings is 1. The standard InChI is InChI=1S/C17H19F3N4O5/c1-9(2)21-14(27)22-12(25)8-24-13(26)16(3,23-15(24)28)10-4-6-11(7-5-10)29-17(18,19)20/h4-7,9H,8H2,1-3H3,(H,23,28)(H2,21,22,25,27). The third-order valence-corrected chi connectivity index (χ3v) is 3.91. The van der Waals surface area contributed by atoms with Gasteiger partial charge in [-0.1, -0.05) is 12.1 Å². The smallest absolute Gasteiger partial charge is 0.406 e. The van der Waals surface area contributed by atoms with Crippen LogP contribution in [0.15, 0.2) is 24.3 Å². The van der Waals surface area contributed by atoms with Gasteiger partial charge in [-0.3, -0.25) is 19.8 Å². The van der Waals surface area contributed by atoms with E-state index in [1.807, 2.05) is 5.32 Å². The first-order chi connectivity index (χ1) is 13.3. The van der Waals surface area contributed by atoms with Crippen LogP contribution in [0.1, 0.15) is 26.3 Å². The Morgan fingerprint density at radius 1 is 1.21 bits per heavy atom. The van der Waals surface area contributed by atoms with E-state index < -0.39 is 48.1 Å². The molecular weight excluding hydrogens is 397 g/mol. The zero-order chi connectivity index (χ0) is 22.0. The van der Waals surface area contributed by atoms with E-state index in [4.69, 9.17) is 0 Å². The molecule has 0 bridgehead atoms. The van der Waals surface area contributed by atoms with Crippen LogP contribution in [0.2, 0.25) is 0 Å². The van der Waals surface area contributed by atoms with E-state index in [0.29, 0.717) is 4.90 Å². The maximum atomic E-state index is 12.7. The van der Waals surface area contributed by atoms with Gasteiger partial charge in [0.05, 0.1) is 0 Å². The Labute approximate surface area is 163 Å². The van der Waals surface area contributed by atoms with Crippen molar-refractivity contribution in [2.24, 2.45) is 0 Å². The normalized spacial score (nSPS) is 19.2. The molecule has 1 saturated heterocycles. The van der Waals surface area contributed by atoms with Crippen LogP contribution in [0.5, 0.6) is 5.75 Å². The molecule has 3 N–H and O–H groups in total. The average molecular weight is 416 g/mol. The molecule has 0 radical (unpaired) electrons. The third kappa shape index (κ3) is 5.36. The van der Waals surface area contributed by atoms with Gasteiger partial charge in [0.2, 0.25) is 5.91 Å². The summed E-state index contributed by atoms with van der Waals surface area (Å²) in [5, 5.41) is 6.81. The van der Waals surface area contributed by atoms with Crippen LogP contribution in [0.25, 0.3) is 0 Å². The second kappa shape index (κ2) is 7.97. The Bertz CT molecular complexity index is 825. The minimum atomic E-state index is -4.87. The van der Waals surface area contributed by atoms with E-state index in [-0.39, 0.29) is 11.6 Å². The lowest BCUT2D eigenvalue weighted by Crippen LogP contribution is -2.48. The largest absolute Gasteiger partial charge is 0.573 e. The molecule has 0 aromatic heterocycles. The molecule has 9 nitrogen and oxygen atoms in total. The molecule has 0 aliphatic carbocycles. The molecule has 1 atom stereocenters. The lowest BCUT2D eigenvalue weighted by molar-refractivity contribution is -0.274. The van der Waals surface area contributed by atoms with Crippen molar-refractivity contribution in [3.63, 3.8) is 0 Å². The van der Waals surface area contributed by atoms with Crippen molar-refractivity contribution in [1.29, 1.82) is 0 Å². The fourth-order valence-electron chi connectivity index (χ4n) is 2.63. The first-order valence-electron chi connectivity index (χ1n) is 8.42. The molecule has 1 aromatic carbocycles. The van der Waals surface area contributed by atoms with Gasteiger partial charge in [-0.2, -0.15) is 0 Å². The van der Waals surface area contributed by atoms with Gasteiger partial charge in [0.15, 0.2) is 0 Å². The van der Waals surface area contributed by atoms with Crippen molar-refractivity contribution in [2.45, 2.75) is 38.7 Å². The number of alkyl halides is 3. The van der Waals surface area contributed by atoms with Crippen LogP contribution in [0, 0.1) is 0 Å². The molecule has 0 saturated carbocycles. The lowest BCUT2D eigenvalue weighted by Gasteiger charge is -2.22. The molecule has 12 heteroatoms. The average Bonchev–Trinajstić information content (AvgIpc) is 2.77. The number of nitrogens with one attached hydrogen (secondary N) is 3. The van der Waals surface area contributed by atoms with Crippen molar-refractivity contribution in [3.8, 4) is 5.75 Å². The highest BCUT2D eigenvalue weighted by Gasteiger charge is 2.49. The molecule has 1 unspecified atom stereocenters. The monoisotopic (exact) mass is 416 g/mol. The summed E-state index contributed by atoms with van der Waals surface area (Å²) < 4.78 is 40.5. The number of ether oxygens (including phenoxy) is 1. The molecule has 1 fully saturated rings. The summed E-state index contributed by atoms with van der Waals surface area (Å²) in [4.78, 5) is 49.0. The number of hydrogen-bond acceptors (Lipinski definition) is 5. The lowest BCUT2D eigenvalue weighted by atomic mass is 9.92. The highest BCUT2D eigenvalue weighted by molar-refractivity contribution is 6.10. The zero-order valence-corrected chi connectivity index (χ0v) is 15.7.